The van der Waals surface area contributed by atoms with E-state index in [-0.39, 0.29) is 5.56 Å². The molecule has 1 heterocycles. The second-order valence-corrected chi connectivity index (χ2v) is 8.44. The molecule has 0 bridgehead atoms. The van der Waals surface area contributed by atoms with Gasteiger partial charge in [-0.25, -0.2) is 9.78 Å². The van der Waals surface area contributed by atoms with Gasteiger partial charge in [0.2, 0.25) is 0 Å². The highest BCUT2D eigenvalue weighted by Gasteiger charge is 2.20. The van der Waals surface area contributed by atoms with Gasteiger partial charge in [-0.2, -0.15) is 5.48 Å². The van der Waals surface area contributed by atoms with Gasteiger partial charge in [0.15, 0.2) is 12.0 Å². The van der Waals surface area contributed by atoms with E-state index in [1.807, 2.05) is 18.2 Å². The van der Waals surface area contributed by atoms with Gasteiger partial charge in [-0.15, -0.1) is 0 Å². The molecule has 0 saturated heterocycles. The van der Waals surface area contributed by atoms with Crippen molar-refractivity contribution in [3.05, 3.63) is 49.8 Å². The van der Waals surface area contributed by atoms with Gasteiger partial charge < -0.3 is 25.4 Å². The van der Waals surface area contributed by atoms with Crippen LogP contribution in [0.3, 0.4) is 0 Å². The number of rotatable bonds is 6. The summed E-state index contributed by atoms with van der Waals surface area (Å²) >= 11 is 5.51. The number of hydrogen-bond acceptors (Lipinski definition) is 7. The lowest BCUT2D eigenvalue weighted by molar-refractivity contribution is 0.0698. The second kappa shape index (κ2) is 9.85. The van der Waals surface area contributed by atoms with Crippen LogP contribution in [0.25, 0.3) is 11.1 Å². The Bertz CT molecular complexity index is 1020. The van der Waals surface area contributed by atoms with Crippen molar-refractivity contribution in [2.24, 2.45) is 5.73 Å². The Morgan fingerprint density at radius 3 is 2.79 bits per heavy atom. The van der Waals surface area contributed by atoms with Gasteiger partial charge in [-0.3, -0.25) is 0 Å². The normalized spacial score (nSPS) is 13.1. The Morgan fingerprint density at radius 1 is 1.45 bits per heavy atom. The summed E-state index contributed by atoms with van der Waals surface area (Å²) in [7, 11) is 1.65. The molecule has 8 nitrogen and oxygen atoms in total. The van der Waals surface area contributed by atoms with E-state index < -0.39 is 5.97 Å². The molecule has 1 aromatic heterocycles. The number of hydroxylamine groups is 1. The van der Waals surface area contributed by atoms with E-state index in [0.29, 0.717) is 33.8 Å². The number of anilines is 2. The highest BCUT2D eigenvalue weighted by atomic mass is 127. The predicted molar refractivity (Wildman–Crippen MR) is 122 cm³/mol. The van der Waals surface area contributed by atoms with Gasteiger partial charge in [0, 0.05) is 21.8 Å². The Labute approximate surface area is 189 Å². The first-order valence-corrected chi connectivity index (χ1v) is 10.6. The van der Waals surface area contributed by atoms with Crippen LogP contribution in [0.4, 0.5) is 11.4 Å². The summed E-state index contributed by atoms with van der Waals surface area (Å²) < 4.78 is 6.91. The monoisotopic (exact) mass is 574 g/mol. The number of benzene rings is 2. The highest BCUT2D eigenvalue weighted by Crippen LogP contribution is 2.35. The van der Waals surface area contributed by atoms with Crippen molar-refractivity contribution < 1.29 is 19.2 Å². The number of nitrogens with two attached hydrogens (primary N) is 1. The summed E-state index contributed by atoms with van der Waals surface area (Å²) in [5, 5.41) is 12.6. The summed E-state index contributed by atoms with van der Waals surface area (Å²) in [6.07, 6.45) is 3.85. The molecule has 1 aliphatic carbocycles. The number of aromatic carboxylic acids is 1. The van der Waals surface area contributed by atoms with Crippen LogP contribution in [0.1, 0.15) is 28.8 Å². The topological polar surface area (TPSA) is 123 Å². The average molecular weight is 575 g/mol. The molecule has 0 spiro atoms. The standard InChI is InChI=1S/C15H11BrIN3O3.C4H9NO/c16-10-4-9(15(21)22)12(13-14(10)23-6-19-13)20-11-2-1-8(17)3-7(11)5-18;1-6-5-4-2-3-4/h1-4,6,20H,5,18H2,(H,21,22);4-5H,2-3H2,1H3. The third kappa shape index (κ3) is 5.45. The first kappa shape index (κ1) is 22.0. The number of oxazole rings is 1. The molecule has 0 radical (unpaired) electrons. The molecule has 0 aliphatic heterocycles. The number of fused-ring (bicyclic) bond motifs is 1. The zero-order valence-corrected chi connectivity index (χ0v) is 19.3. The molecule has 154 valence electrons. The van der Waals surface area contributed by atoms with Crippen LogP contribution in [0.5, 0.6) is 0 Å². The maximum absolute atomic E-state index is 11.6. The third-order valence-electron chi connectivity index (χ3n) is 4.20. The molecule has 10 heteroatoms. The van der Waals surface area contributed by atoms with Gasteiger partial charge in [0.05, 0.1) is 22.8 Å². The van der Waals surface area contributed by atoms with Crippen LogP contribution in [-0.2, 0) is 11.4 Å². The summed E-state index contributed by atoms with van der Waals surface area (Å²) in [6.45, 7) is 0.333. The molecule has 0 amide bonds. The fraction of sp³-hybridized carbons (Fsp3) is 0.263. The second-order valence-electron chi connectivity index (χ2n) is 6.34. The van der Waals surface area contributed by atoms with Gasteiger partial charge >= 0.3 is 5.97 Å². The van der Waals surface area contributed by atoms with Crippen LogP contribution in [0, 0.1) is 3.57 Å². The molecule has 1 fully saturated rings. The van der Waals surface area contributed by atoms with Crippen LogP contribution >= 0.6 is 38.5 Å². The van der Waals surface area contributed by atoms with E-state index in [4.69, 9.17) is 10.2 Å². The molecule has 3 aromatic rings. The number of halogens is 2. The average Bonchev–Trinajstić information content (AvgIpc) is 3.37. The Morgan fingerprint density at radius 2 is 2.21 bits per heavy atom. The first-order valence-electron chi connectivity index (χ1n) is 8.77. The number of aromatic nitrogens is 1. The van der Waals surface area contributed by atoms with Crippen LogP contribution in [0.2, 0.25) is 0 Å². The van der Waals surface area contributed by atoms with Crippen LogP contribution in [0.15, 0.2) is 39.5 Å². The van der Waals surface area contributed by atoms with Crippen LogP contribution in [-0.4, -0.2) is 29.2 Å². The molecule has 29 heavy (non-hydrogen) atoms. The molecule has 1 aliphatic rings. The molecule has 0 atom stereocenters. The maximum Gasteiger partial charge on any atom is 0.337 e. The van der Waals surface area contributed by atoms with Gasteiger partial charge in [0.25, 0.3) is 0 Å². The molecule has 5 N–H and O–H groups in total. The fourth-order valence-electron chi connectivity index (χ4n) is 2.64. The first-order chi connectivity index (χ1) is 13.9. The van der Waals surface area contributed by atoms with Crippen molar-refractivity contribution in [3.8, 4) is 0 Å². The lowest BCUT2D eigenvalue weighted by atomic mass is 10.1. The van der Waals surface area contributed by atoms with Crippen molar-refractivity contribution in [1.82, 2.24) is 10.5 Å². The molecule has 4 rings (SSSR count). The summed E-state index contributed by atoms with van der Waals surface area (Å²) in [4.78, 5) is 20.3. The fourth-order valence-corrected chi connectivity index (χ4v) is 3.70. The Balaban J connectivity index is 0.000000343. The zero-order chi connectivity index (χ0) is 21.0. The maximum atomic E-state index is 11.6. The van der Waals surface area contributed by atoms with E-state index in [9.17, 15) is 9.90 Å². The smallest absolute Gasteiger partial charge is 0.337 e. The number of nitrogens with zero attached hydrogens (tertiary/aromatic N) is 1. The Kier molecular flexibility index (Phi) is 7.46. The lowest BCUT2D eigenvalue weighted by Gasteiger charge is -2.14. The Hall–Kier alpha value is -1.73. The van der Waals surface area contributed by atoms with E-state index in [2.05, 4.69) is 59.1 Å². The number of hydrogen-bond donors (Lipinski definition) is 4. The predicted octanol–water partition coefficient (Wildman–Crippen LogP) is 4.40. The third-order valence-corrected chi connectivity index (χ3v) is 5.46. The molecular weight excluding hydrogens is 555 g/mol. The van der Waals surface area contributed by atoms with Crippen molar-refractivity contribution in [3.63, 3.8) is 0 Å². The van der Waals surface area contributed by atoms with Crippen molar-refractivity contribution in [1.29, 1.82) is 0 Å². The highest BCUT2D eigenvalue weighted by molar-refractivity contribution is 14.1. The van der Waals surface area contributed by atoms with E-state index in [1.165, 1.54) is 25.3 Å². The summed E-state index contributed by atoms with van der Waals surface area (Å²) in [6, 6.07) is 7.90. The van der Waals surface area contributed by atoms with E-state index in [1.54, 1.807) is 7.11 Å². The van der Waals surface area contributed by atoms with Gasteiger partial charge in [-0.05, 0) is 81.2 Å². The molecule has 1 saturated carbocycles. The minimum atomic E-state index is -1.06. The minimum Gasteiger partial charge on any atom is -0.478 e. The molecule has 2 aromatic carbocycles. The number of carboxylic acid groups (broad SMARTS) is 1. The number of carbonyl (C=O) groups is 1. The van der Waals surface area contributed by atoms with E-state index in [0.717, 1.165) is 14.8 Å². The van der Waals surface area contributed by atoms with Gasteiger partial charge in [0.1, 0.15) is 5.52 Å². The SMILES string of the molecule is CONC1CC1.NCc1cc(I)ccc1Nc1c(C(=O)O)cc(Br)c2ocnc12. The summed E-state index contributed by atoms with van der Waals surface area (Å²) in [5.74, 6) is -1.06. The number of nitrogens with one attached hydrogen (secondary N) is 2. The summed E-state index contributed by atoms with van der Waals surface area (Å²) in [5.41, 5.74) is 11.6. The van der Waals surface area contributed by atoms with E-state index >= 15 is 0 Å². The van der Waals surface area contributed by atoms with Crippen LogP contribution < -0.4 is 16.5 Å². The van der Waals surface area contributed by atoms with Gasteiger partial charge in [-0.1, -0.05) is 0 Å². The van der Waals surface area contributed by atoms with Crippen molar-refractivity contribution >= 4 is 67.0 Å². The minimum absolute atomic E-state index is 0.0970. The lowest BCUT2D eigenvalue weighted by Crippen LogP contribution is -2.12. The quantitative estimate of drug-likeness (QED) is 0.252. The van der Waals surface area contributed by atoms with Crippen molar-refractivity contribution in [2.75, 3.05) is 12.4 Å². The zero-order valence-electron chi connectivity index (χ0n) is 15.5. The van der Waals surface area contributed by atoms with Crippen molar-refractivity contribution in [2.45, 2.75) is 25.4 Å². The molecular formula is C19H20BrIN4O4. The molecule has 0 unspecified atom stereocenters. The largest absolute Gasteiger partial charge is 0.478 e. The number of carboxylic acids is 1.